The van der Waals surface area contributed by atoms with E-state index in [1.807, 2.05) is 25.1 Å². The van der Waals surface area contributed by atoms with Crippen LogP contribution in [-0.2, 0) is 19.9 Å². The van der Waals surface area contributed by atoms with Crippen LogP contribution in [0.2, 0.25) is 5.15 Å². The molecule has 5 heteroatoms. The van der Waals surface area contributed by atoms with E-state index in [4.69, 9.17) is 11.6 Å². The van der Waals surface area contributed by atoms with Crippen molar-refractivity contribution >= 4 is 23.1 Å². The molecular weight excluding hydrogens is 274 g/mol. The van der Waals surface area contributed by atoms with Crippen LogP contribution >= 0.6 is 11.6 Å². The molecule has 2 aromatic rings. The summed E-state index contributed by atoms with van der Waals surface area (Å²) in [4.78, 5) is 12.4. The molecule has 0 spiro atoms. The molecule has 4 nitrogen and oxygen atoms in total. The summed E-state index contributed by atoms with van der Waals surface area (Å²) in [7, 11) is 1.78. The molecule has 1 aliphatic heterocycles. The fraction of sp³-hybridized carbons (Fsp3) is 0.333. The number of fused-ring (bicyclic) bond motifs is 1. The Morgan fingerprint density at radius 3 is 3.00 bits per heavy atom. The lowest BCUT2D eigenvalue weighted by Gasteiger charge is -2.05. The Kier molecular flexibility index (Phi) is 3.26. The molecule has 0 fully saturated rings. The smallest absolute Gasteiger partial charge is 0.167 e. The summed E-state index contributed by atoms with van der Waals surface area (Å²) in [5, 5.41) is 8.06. The van der Waals surface area contributed by atoms with Crippen molar-refractivity contribution in [2.75, 3.05) is 11.9 Å². The van der Waals surface area contributed by atoms with Gasteiger partial charge in [-0.1, -0.05) is 23.7 Å². The molecule has 0 saturated heterocycles. The second-order valence-corrected chi connectivity index (χ2v) is 5.49. The predicted molar refractivity (Wildman–Crippen MR) is 79.6 cm³/mol. The minimum atomic E-state index is 0.0690. The van der Waals surface area contributed by atoms with Crippen LogP contribution in [0.3, 0.4) is 0 Å². The lowest BCUT2D eigenvalue weighted by Crippen LogP contribution is -2.05. The number of hydrogen-bond acceptors (Lipinski definition) is 3. The third-order valence-corrected chi connectivity index (χ3v) is 4.22. The fourth-order valence-corrected chi connectivity index (χ4v) is 2.84. The van der Waals surface area contributed by atoms with Gasteiger partial charge in [-0.3, -0.25) is 9.48 Å². The van der Waals surface area contributed by atoms with Crippen molar-refractivity contribution in [2.45, 2.75) is 19.8 Å². The minimum absolute atomic E-state index is 0.0690. The van der Waals surface area contributed by atoms with Gasteiger partial charge in [0.15, 0.2) is 5.78 Å². The van der Waals surface area contributed by atoms with Crippen LogP contribution in [0, 0.1) is 6.92 Å². The maximum Gasteiger partial charge on any atom is 0.167 e. The Balaban J connectivity index is 1.86. The van der Waals surface area contributed by atoms with Crippen LogP contribution in [0.15, 0.2) is 18.2 Å². The molecule has 0 atom stereocenters. The zero-order valence-electron chi connectivity index (χ0n) is 11.5. The van der Waals surface area contributed by atoms with E-state index in [9.17, 15) is 4.79 Å². The number of carbonyl (C=O) groups excluding carboxylic acids is 1. The van der Waals surface area contributed by atoms with E-state index in [2.05, 4.69) is 10.4 Å². The minimum Gasteiger partial charge on any atom is -0.384 e. The molecule has 0 amide bonds. The van der Waals surface area contributed by atoms with Crippen LogP contribution < -0.4 is 5.32 Å². The summed E-state index contributed by atoms with van der Waals surface area (Å²) in [5.74, 6) is 0.0690. The predicted octanol–water partition coefficient (Wildman–Crippen LogP) is 2.78. The van der Waals surface area contributed by atoms with Crippen molar-refractivity contribution in [1.82, 2.24) is 9.78 Å². The van der Waals surface area contributed by atoms with Gasteiger partial charge in [-0.15, -0.1) is 0 Å². The molecule has 2 heterocycles. The molecule has 20 heavy (non-hydrogen) atoms. The first-order valence-corrected chi connectivity index (χ1v) is 7.02. The van der Waals surface area contributed by atoms with Gasteiger partial charge in [-0.05, 0) is 25.0 Å². The highest BCUT2D eigenvalue weighted by Gasteiger charge is 2.18. The molecule has 0 unspecified atom stereocenters. The zero-order chi connectivity index (χ0) is 14.3. The maximum absolute atomic E-state index is 12.4. The Morgan fingerprint density at radius 1 is 1.50 bits per heavy atom. The van der Waals surface area contributed by atoms with Crippen molar-refractivity contribution in [3.63, 3.8) is 0 Å². The number of carbonyl (C=O) groups is 1. The molecule has 1 aliphatic rings. The topological polar surface area (TPSA) is 46.9 Å². The fourth-order valence-electron chi connectivity index (χ4n) is 2.60. The van der Waals surface area contributed by atoms with Gasteiger partial charge in [0, 0.05) is 36.8 Å². The van der Waals surface area contributed by atoms with E-state index in [1.54, 1.807) is 11.7 Å². The number of anilines is 1. The van der Waals surface area contributed by atoms with E-state index >= 15 is 0 Å². The molecule has 0 aliphatic carbocycles. The molecular formula is C15H16ClN3O. The number of halogens is 1. The highest BCUT2D eigenvalue weighted by molar-refractivity contribution is 6.30. The molecule has 0 saturated carbocycles. The molecule has 1 aromatic heterocycles. The molecule has 1 N–H and O–H groups in total. The lowest BCUT2D eigenvalue weighted by molar-refractivity contribution is 0.0993. The van der Waals surface area contributed by atoms with Gasteiger partial charge in [0.1, 0.15) is 5.15 Å². The number of hydrogen-bond donors (Lipinski definition) is 1. The SMILES string of the molecule is Cc1nn(C)c(Cl)c1CC(=O)c1ccc2c(c1)NCC2. The first-order valence-electron chi connectivity index (χ1n) is 6.64. The summed E-state index contributed by atoms with van der Waals surface area (Å²) in [6.45, 7) is 2.82. The largest absolute Gasteiger partial charge is 0.384 e. The summed E-state index contributed by atoms with van der Waals surface area (Å²) >= 11 is 6.18. The number of ketones is 1. The van der Waals surface area contributed by atoms with Crippen molar-refractivity contribution in [3.8, 4) is 0 Å². The lowest BCUT2D eigenvalue weighted by atomic mass is 10.0. The Bertz CT molecular complexity index is 691. The van der Waals surface area contributed by atoms with E-state index in [0.717, 1.165) is 35.5 Å². The van der Waals surface area contributed by atoms with Crippen molar-refractivity contribution in [2.24, 2.45) is 7.05 Å². The monoisotopic (exact) mass is 289 g/mol. The van der Waals surface area contributed by atoms with Crippen LogP contribution in [0.25, 0.3) is 0 Å². The van der Waals surface area contributed by atoms with E-state index in [-0.39, 0.29) is 12.2 Å². The van der Waals surface area contributed by atoms with E-state index < -0.39 is 0 Å². The first-order chi connectivity index (χ1) is 9.56. The standard InChI is InChI=1S/C15H16ClN3O/c1-9-12(15(16)19(2)18-9)8-14(20)11-4-3-10-5-6-17-13(10)7-11/h3-4,7,17H,5-6,8H2,1-2H3. The molecule has 1 aromatic carbocycles. The van der Waals surface area contributed by atoms with Gasteiger partial charge in [-0.2, -0.15) is 5.10 Å². The number of rotatable bonds is 3. The van der Waals surface area contributed by atoms with Gasteiger partial charge >= 0.3 is 0 Å². The first kappa shape index (κ1) is 13.2. The van der Waals surface area contributed by atoms with E-state index in [1.165, 1.54) is 5.56 Å². The van der Waals surface area contributed by atoms with Gasteiger partial charge in [0.25, 0.3) is 0 Å². The second kappa shape index (κ2) is 4.94. The van der Waals surface area contributed by atoms with Crippen molar-refractivity contribution in [1.29, 1.82) is 0 Å². The average Bonchev–Trinajstić information content (AvgIpc) is 2.98. The van der Waals surface area contributed by atoms with Gasteiger partial charge in [0.2, 0.25) is 0 Å². The Labute approximate surface area is 122 Å². The van der Waals surface area contributed by atoms with Gasteiger partial charge in [0.05, 0.1) is 5.69 Å². The number of nitrogens with one attached hydrogen (secondary N) is 1. The number of aryl methyl sites for hydroxylation is 2. The second-order valence-electron chi connectivity index (χ2n) is 5.13. The van der Waals surface area contributed by atoms with Crippen molar-refractivity contribution in [3.05, 3.63) is 45.7 Å². The van der Waals surface area contributed by atoms with E-state index in [0.29, 0.717) is 5.15 Å². The average molecular weight is 290 g/mol. The maximum atomic E-state index is 12.4. The highest BCUT2D eigenvalue weighted by Crippen LogP contribution is 2.25. The highest BCUT2D eigenvalue weighted by atomic mass is 35.5. The van der Waals surface area contributed by atoms with Crippen molar-refractivity contribution < 1.29 is 4.79 Å². The van der Waals surface area contributed by atoms with Crippen LogP contribution in [0.1, 0.15) is 27.2 Å². The molecule has 3 rings (SSSR count). The molecule has 0 bridgehead atoms. The Morgan fingerprint density at radius 2 is 2.30 bits per heavy atom. The summed E-state index contributed by atoms with van der Waals surface area (Å²) in [5.41, 5.74) is 4.69. The molecule has 0 radical (unpaired) electrons. The quantitative estimate of drug-likeness (QED) is 0.884. The number of nitrogens with zero attached hydrogens (tertiary/aromatic N) is 2. The van der Waals surface area contributed by atoms with Gasteiger partial charge in [-0.25, -0.2) is 0 Å². The summed E-state index contributed by atoms with van der Waals surface area (Å²) < 4.78 is 1.60. The molecule has 104 valence electrons. The Hall–Kier alpha value is -1.81. The number of Topliss-reactive ketones (excluding diaryl/α,β-unsaturated/α-hetero) is 1. The van der Waals surface area contributed by atoms with Crippen LogP contribution in [0.5, 0.6) is 0 Å². The third kappa shape index (κ3) is 2.20. The third-order valence-electron chi connectivity index (χ3n) is 3.75. The summed E-state index contributed by atoms with van der Waals surface area (Å²) in [6.07, 6.45) is 1.31. The zero-order valence-corrected chi connectivity index (χ0v) is 12.3. The number of benzene rings is 1. The number of aromatic nitrogens is 2. The van der Waals surface area contributed by atoms with Crippen LogP contribution in [0.4, 0.5) is 5.69 Å². The normalized spacial score (nSPS) is 13.2. The summed E-state index contributed by atoms with van der Waals surface area (Å²) in [6, 6.07) is 5.86. The van der Waals surface area contributed by atoms with Gasteiger partial charge < -0.3 is 5.32 Å². The van der Waals surface area contributed by atoms with Crippen LogP contribution in [-0.4, -0.2) is 22.1 Å².